The fourth-order valence-electron chi connectivity index (χ4n) is 1.31. The molecule has 0 amide bonds. The van der Waals surface area contributed by atoms with E-state index in [1.54, 1.807) is 9.36 Å². The summed E-state index contributed by atoms with van der Waals surface area (Å²) in [7, 11) is 3.88. The second-order valence-corrected chi connectivity index (χ2v) is 3.54. The third kappa shape index (κ3) is 1.89. The number of nitrogens with zero attached hydrogens (tertiary/aromatic N) is 9. The van der Waals surface area contributed by atoms with E-state index in [4.69, 9.17) is 0 Å². The lowest BCUT2D eigenvalue weighted by Crippen LogP contribution is -2.19. The molecule has 2 rings (SSSR count). The third-order valence-corrected chi connectivity index (χ3v) is 1.98. The van der Waals surface area contributed by atoms with Gasteiger partial charge in [0.2, 0.25) is 11.6 Å². The smallest absolute Gasteiger partial charge is 0.222 e. The Hall–Kier alpha value is -1.90. The molecule has 0 spiro atoms. The van der Waals surface area contributed by atoms with Gasteiger partial charge in [-0.05, 0) is 41.9 Å². The molecular formula is C7H13N9. The monoisotopic (exact) mass is 223 g/mol. The molecule has 0 saturated carbocycles. The third-order valence-electron chi connectivity index (χ3n) is 1.98. The summed E-state index contributed by atoms with van der Waals surface area (Å²) in [6.45, 7) is 3.22. The van der Waals surface area contributed by atoms with Crippen LogP contribution in [-0.4, -0.2) is 59.4 Å². The number of hydrogen-bond acceptors (Lipinski definition) is 7. The van der Waals surface area contributed by atoms with Crippen LogP contribution in [0, 0.1) is 0 Å². The lowest BCUT2D eigenvalue weighted by atomic mass is 10.5. The first kappa shape index (κ1) is 10.6. The van der Waals surface area contributed by atoms with Gasteiger partial charge in [-0.2, -0.15) is 0 Å². The highest BCUT2D eigenvalue weighted by Crippen LogP contribution is 2.10. The molecule has 0 saturated heterocycles. The van der Waals surface area contributed by atoms with Crippen molar-refractivity contribution in [2.75, 3.05) is 14.1 Å². The molecule has 0 atom stereocenters. The van der Waals surface area contributed by atoms with Crippen LogP contribution in [0.3, 0.4) is 0 Å². The van der Waals surface area contributed by atoms with Crippen molar-refractivity contribution >= 4 is 0 Å². The lowest BCUT2D eigenvalue weighted by Gasteiger charge is -2.09. The topological polar surface area (TPSA) is 90.4 Å². The number of aromatic nitrogens is 8. The molecule has 2 aromatic heterocycles. The highest BCUT2D eigenvalue weighted by atomic mass is 15.6. The van der Waals surface area contributed by atoms with E-state index in [1.807, 2.05) is 25.9 Å². The Bertz CT molecular complexity index is 456. The van der Waals surface area contributed by atoms with Crippen LogP contribution in [0.5, 0.6) is 0 Å². The summed E-state index contributed by atoms with van der Waals surface area (Å²) in [5.74, 6) is 1.15. The summed E-state index contributed by atoms with van der Waals surface area (Å²) in [4.78, 5) is 1.96. The number of aryl methyl sites for hydroxylation is 1. The zero-order chi connectivity index (χ0) is 11.5. The summed E-state index contributed by atoms with van der Waals surface area (Å²) < 4.78 is 3.30. The first-order valence-corrected chi connectivity index (χ1v) is 4.89. The predicted molar refractivity (Wildman–Crippen MR) is 54.0 cm³/mol. The van der Waals surface area contributed by atoms with Crippen molar-refractivity contribution in [2.45, 2.75) is 20.1 Å². The number of rotatable bonds is 4. The number of tetrazole rings is 2. The van der Waals surface area contributed by atoms with E-state index >= 15 is 0 Å². The molecule has 0 N–H and O–H groups in total. The van der Waals surface area contributed by atoms with Gasteiger partial charge in [-0.1, -0.05) is 0 Å². The van der Waals surface area contributed by atoms with Crippen LogP contribution in [0.25, 0.3) is 11.6 Å². The van der Waals surface area contributed by atoms with Gasteiger partial charge in [0.05, 0.1) is 6.67 Å². The summed E-state index contributed by atoms with van der Waals surface area (Å²) in [5, 5.41) is 22.8. The Labute approximate surface area is 92.0 Å². The molecule has 0 aliphatic carbocycles. The van der Waals surface area contributed by atoms with Crippen LogP contribution < -0.4 is 0 Å². The molecule has 0 fully saturated rings. The predicted octanol–water partition coefficient (Wildman–Crippen LogP) is -1.13. The normalized spacial score (nSPS) is 11.2. The second kappa shape index (κ2) is 4.31. The van der Waals surface area contributed by atoms with Gasteiger partial charge < -0.3 is 0 Å². The summed E-state index contributed by atoms with van der Waals surface area (Å²) in [6.07, 6.45) is 0. The van der Waals surface area contributed by atoms with Crippen molar-refractivity contribution in [3.63, 3.8) is 0 Å². The van der Waals surface area contributed by atoms with Crippen LogP contribution in [0.1, 0.15) is 6.92 Å². The van der Waals surface area contributed by atoms with Crippen molar-refractivity contribution in [1.82, 2.24) is 45.3 Å². The molecule has 0 aromatic carbocycles. The van der Waals surface area contributed by atoms with Gasteiger partial charge in [-0.15, -0.1) is 10.2 Å². The Morgan fingerprint density at radius 3 is 2.12 bits per heavy atom. The quantitative estimate of drug-likeness (QED) is 0.647. The molecule has 0 radical (unpaired) electrons. The molecule has 0 bridgehead atoms. The van der Waals surface area contributed by atoms with E-state index in [2.05, 4.69) is 31.1 Å². The van der Waals surface area contributed by atoms with Crippen molar-refractivity contribution in [1.29, 1.82) is 0 Å². The van der Waals surface area contributed by atoms with Crippen molar-refractivity contribution < 1.29 is 0 Å². The minimum absolute atomic E-state index is 0.570. The van der Waals surface area contributed by atoms with Crippen molar-refractivity contribution in [3.8, 4) is 11.6 Å². The SMILES string of the molecule is CCn1nnnc1-c1nnnn1CN(C)C. The van der Waals surface area contributed by atoms with Gasteiger partial charge in [0.1, 0.15) is 0 Å². The van der Waals surface area contributed by atoms with Crippen LogP contribution in [-0.2, 0) is 13.2 Å². The number of hydrogen-bond donors (Lipinski definition) is 0. The minimum Gasteiger partial charge on any atom is -0.290 e. The van der Waals surface area contributed by atoms with Crippen LogP contribution in [0.15, 0.2) is 0 Å². The van der Waals surface area contributed by atoms with Gasteiger partial charge in [0, 0.05) is 6.54 Å². The van der Waals surface area contributed by atoms with Gasteiger partial charge in [-0.25, -0.2) is 9.36 Å². The minimum atomic E-state index is 0.570. The Kier molecular flexibility index (Phi) is 2.86. The lowest BCUT2D eigenvalue weighted by molar-refractivity contribution is 0.304. The zero-order valence-corrected chi connectivity index (χ0v) is 9.44. The average Bonchev–Trinajstić information content (AvgIpc) is 2.83. The molecule has 9 nitrogen and oxygen atoms in total. The summed E-state index contributed by atoms with van der Waals surface area (Å²) >= 11 is 0. The molecule has 0 aliphatic heterocycles. The summed E-state index contributed by atoms with van der Waals surface area (Å²) in [5.41, 5.74) is 0. The van der Waals surface area contributed by atoms with Gasteiger partial charge in [0.15, 0.2) is 0 Å². The van der Waals surface area contributed by atoms with Crippen LogP contribution in [0.2, 0.25) is 0 Å². The van der Waals surface area contributed by atoms with Crippen molar-refractivity contribution in [2.24, 2.45) is 0 Å². The molecule has 16 heavy (non-hydrogen) atoms. The fraction of sp³-hybridized carbons (Fsp3) is 0.714. The van der Waals surface area contributed by atoms with Gasteiger partial charge >= 0.3 is 0 Å². The molecular weight excluding hydrogens is 210 g/mol. The molecule has 2 aromatic rings. The van der Waals surface area contributed by atoms with E-state index in [-0.39, 0.29) is 0 Å². The zero-order valence-electron chi connectivity index (χ0n) is 9.44. The van der Waals surface area contributed by atoms with E-state index in [1.165, 1.54) is 0 Å². The fourth-order valence-corrected chi connectivity index (χ4v) is 1.31. The van der Waals surface area contributed by atoms with Crippen LogP contribution in [0.4, 0.5) is 0 Å². The van der Waals surface area contributed by atoms with E-state index in [9.17, 15) is 0 Å². The highest BCUT2D eigenvalue weighted by Gasteiger charge is 2.16. The second-order valence-electron chi connectivity index (χ2n) is 3.54. The van der Waals surface area contributed by atoms with Crippen LogP contribution >= 0.6 is 0 Å². The summed E-state index contributed by atoms with van der Waals surface area (Å²) in [6, 6.07) is 0. The van der Waals surface area contributed by atoms with E-state index in [0.29, 0.717) is 24.9 Å². The Morgan fingerprint density at radius 2 is 1.56 bits per heavy atom. The van der Waals surface area contributed by atoms with E-state index < -0.39 is 0 Å². The molecule has 86 valence electrons. The maximum absolute atomic E-state index is 3.93. The molecule has 0 aliphatic rings. The Balaban J connectivity index is 2.37. The van der Waals surface area contributed by atoms with Gasteiger partial charge in [-0.3, -0.25) is 4.90 Å². The van der Waals surface area contributed by atoms with Gasteiger partial charge in [0.25, 0.3) is 0 Å². The maximum atomic E-state index is 3.93. The van der Waals surface area contributed by atoms with E-state index in [0.717, 1.165) is 0 Å². The maximum Gasteiger partial charge on any atom is 0.222 e. The largest absolute Gasteiger partial charge is 0.290 e. The highest BCUT2D eigenvalue weighted by molar-refractivity contribution is 5.40. The van der Waals surface area contributed by atoms with Crippen molar-refractivity contribution in [3.05, 3.63) is 0 Å². The Morgan fingerprint density at radius 1 is 1.00 bits per heavy atom. The first-order valence-electron chi connectivity index (χ1n) is 4.89. The standard InChI is InChI=1S/C7H13N9/c1-4-15-6(8-10-12-15)7-9-11-13-16(7)5-14(2)3/h4-5H2,1-3H3. The average molecular weight is 223 g/mol. The first-order chi connectivity index (χ1) is 7.72. The molecule has 2 heterocycles. The molecule has 0 unspecified atom stereocenters. The molecule has 9 heteroatoms.